The number of nitrogens with zero attached hydrogens (tertiary/aromatic N) is 2. The molecule has 1 atom stereocenters. The van der Waals surface area contributed by atoms with Crippen LogP contribution in [-0.4, -0.2) is 41.0 Å². The van der Waals surface area contributed by atoms with Crippen LogP contribution in [0.15, 0.2) is 6.20 Å². The number of thiazole rings is 1. The molecule has 1 fully saturated rings. The van der Waals surface area contributed by atoms with Crippen LogP contribution >= 0.6 is 11.3 Å². The largest absolute Gasteiger partial charge is 0.353 e. The second kappa shape index (κ2) is 6.24. The Balaban J connectivity index is 2.10. The van der Waals surface area contributed by atoms with Crippen molar-refractivity contribution >= 4 is 28.4 Å². The van der Waals surface area contributed by atoms with E-state index in [1.807, 2.05) is 13.8 Å². The lowest BCUT2D eigenvalue weighted by Crippen LogP contribution is -2.60. The minimum atomic E-state index is -0.434. The van der Waals surface area contributed by atoms with Gasteiger partial charge < -0.3 is 10.2 Å². The number of carbonyl (C=O) groups is 2. The first-order chi connectivity index (χ1) is 10.2. The number of hydrogen-bond acceptors (Lipinski definition) is 4. The summed E-state index contributed by atoms with van der Waals surface area (Å²) >= 11 is 1.47. The summed E-state index contributed by atoms with van der Waals surface area (Å²) in [4.78, 5) is 31.5. The number of anilines is 1. The average Bonchev–Trinajstić information content (AvgIpc) is 2.86. The van der Waals surface area contributed by atoms with Crippen molar-refractivity contribution in [2.75, 3.05) is 18.4 Å². The Labute approximate surface area is 135 Å². The Morgan fingerprint density at radius 2 is 2.18 bits per heavy atom. The van der Waals surface area contributed by atoms with Gasteiger partial charge in [0.1, 0.15) is 6.04 Å². The Hall–Kier alpha value is -1.63. The van der Waals surface area contributed by atoms with Crippen LogP contribution in [0.1, 0.15) is 39.5 Å². The normalized spacial score (nSPS) is 19.3. The van der Waals surface area contributed by atoms with Crippen molar-refractivity contribution in [3.05, 3.63) is 11.1 Å². The van der Waals surface area contributed by atoms with Crippen molar-refractivity contribution in [2.45, 2.75) is 46.1 Å². The van der Waals surface area contributed by atoms with Crippen LogP contribution in [0.5, 0.6) is 0 Å². The van der Waals surface area contributed by atoms with Gasteiger partial charge in [0, 0.05) is 24.2 Å². The summed E-state index contributed by atoms with van der Waals surface area (Å²) in [5.74, 6) is -0.0293. The van der Waals surface area contributed by atoms with Gasteiger partial charge in [-0.3, -0.25) is 10.1 Å². The molecule has 6 nitrogen and oxygen atoms in total. The maximum atomic E-state index is 12.5. The van der Waals surface area contributed by atoms with Crippen LogP contribution in [0.2, 0.25) is 0 Å². The van der Waals surface area contributed by atoms with Crippen LogP contribution in [0.25, 0.3) is 0 Å². The summed E-state index contributed by atoms with van der Waals surface area (Å²) in [5, 5.41) is 6.21. The zero-order valence-corrected chi connectivity index (χ0v) is 14.6. The van der Waals surface area contributed by atoms with Gasteiger partial charge >= 0.3 is 6.03 Å². The van der Waals surface area contributed by atoms with E-state index in [-0.39, 0.29) is 23.3 Å². The number of urea groups is 1. The maximum absolute atomic E-state index is 12.5. The summed E-state index contributed by atoms with van der Waals surface area (Å²) in [6.45, 7) is 11.2. The Kier molecular flexibility index (Phi) is 4.75. The van der Waals surface area contributed by atoms with Crippen LogP contribution in [0.3, 0.4) is 0 Å². The van der Waals surface area contributed by atoms with Gasteiger partial charge in [0.2, 0.25) is 5.91 Å². The Bertz CT molecular complexity index is 562. The van der Waals surface area contributed by atoms with Crippen LogP contribution in [0.4, 0.5) is 9.93 Å². The highest BCUT2D eigenvalue weighted by Crippen LogP contribution is 2.30. The highest BCUT2D eigenvalue weighted by atomic mass is 32.1. The van der Waals surface area contributed by atoms with Crippen molar-refractivity contribution in [1.29, 1.82) is 0 Å². The third kappa shape index (κ3) is 3.58. The van der Waals surface area contributed by atoms with Gasteiger partial charge in [-0.25, -0.2) is 9.78 Å². The standard InChI is InChI=1S/C15H24N4O2S/c1-9(2)11-12(20)16-6-7-19(11)14(21)18-13-17-8-10(22-13)15(3,4)5/h8-9,11H,6-7H2,1-5H3,(H,16,20)(H,17,18,21). The van der Waals surface area contributed by atoms with E-state index in [9.17, 15) is 9.59 Å². The Morgan fingerprint density at radius 3 is 2.73 bits per heavy atom. The minimum absolute atomic E-state index is 0.00607. The van der Waals surface area contributed by atoms with Gasteiger partial charge in [0.05, 0.1) is 0 Å². The molecule has 0 radical (unpaired) electrons. The maximum Gasteiger partial charge on any atom is 0.324 e. The molecular formula is C15H24N4O2S. The number of aromatic nitrogens is 1. The topological polar surface area (TPSA) is 74.3 Å². The molecule has 2 N–H and O–H groups in total. The molecule has 7 heteroatoms. The summed E-state index contributed by atoms with van der Waals surface area (Å²) < 4.78 is 0. The van der Waals surface area contributed by atoms with Crippen LogP contribution in [0, 0.1) is 5.92 Å². The van der Waals surface area contributed by atoms with Gasteiger partial charge in [-0.2, -0.15) is 0 Å². The number of carbonyl (C=O) groups excluding carboxylic acids is 2. The fraction of sp³-hybridized carbons (Fsp3) is 0.667. The second-order valence-electron chi connectivity index (χ2n) is 6.88. The van der Waals surface area contributed by atoms with E-state index < -0.39 is 6.04 Å². The fourth-order valence-electron chi connectivity index (χ4n) is 2.42. The number of piperazine rings is 1. The quantitative estimate of drug-likeness (QED) is 0.877. The Morgan fingerprint density at radius 1 is 1.50 bits per heavy atom. The SMILES string of the molecule is CC(C)C1C(=O)NCCN1C(=O)Nc1ncc(C(C)(C)C)s1. The first kappa shape index (κ1) is 16.7. The molecule has 1 aliphatic heterocycles. The minimum Gasteiger partial charge on any atom is -0.353 e. The first-order valence-corrected chi connectivity index (χ1v) is 8.33. The monoisotopic (exact) mass is 324 g/mol. The highest BCUT2D eigenvalue weighted by molar-refractivity contribution is 7.15. The third-order valence-corrected chi connectivity index (χ3v) is 4.95. The molecule has 0 bridgehead atoms. The predicted octanol–water partition coefficient (Wildman–Crippen LogP) is 2.43. The van der Waals surface area contributed by atoms with Crippen molar-refractivity contribution in [1.82, 2.24) is 15.2 Å². The van der Waals surface area contributed by atoms with Gasteiger partial charge in [-0.15, -0.1) is 11.3 Å². The van der Waals surface area contributed by atoms with E-state index in [4.69, 9.17) is 0 Å². The lowest BCUT2D eigenvalue weighted by Gasteiger charge is -2.36. The van der Waals surface area contributed by atoms with E-state index in [1.54, 1.807) is 11.1 Å². The molecule has 2 heterocycles. The van der Waals surface area contributed by atoms with Gasteiger partial charge in [-0.05, 0) is 11.3 Å². The lowest BCUT2D eigenvalue weighted by molar-refractivity contribution is -0.129. The van der Waals surface area contributed by atoms with Gasteiger partial charge in [0.15, 0.2) is 5.13 Å². The van der Waals surface area contributed by atoms with E-state index >= 15 is 0 Å². The summed E-state index contributed by atoms with van der Waals surface area (Å²) in [6.07, 6.45) is 1.79. The second-order valence-corrected chi connectivity index (χ2v) is 7.91. The lowest BCUT2D eigenvalue weighted by atomic mass is 9.96. The van der Waals surface area contributed by atoms with E-state index in [2.05, 4.69) is 36.4 Å². The van der Waals surface area contributed by atoms with Crippen molar-refractivity contribution < 1.29 is 9.59 Å². The number of nitrogens with one attached hydrogen (secondary N) is 2. The summed E-state index contributed by atoms with van der Waals surface area (Å²) in [5.41, 5.74) is 0.00607. The van der Waals surface area contributed by atoms with Crippen LogP contribution < -0.4 is 10.6 Å². The molecule has 1 unspecified atom stereocenters. The zero-order chi connectivity index (χ0) is 16.5. The first-order valence-electron chi connectivity index (χ1n) is 7.52. The molecule has 1 aromatic heterocycles. The molecule has 122 valence electrons. The summed E-state index contributed by atoms with van der Waals surface area (Å²) in [7, 11) is 0. The molecule has 0 saturated carbocycles. The fourth-order valence-corrected chi connectivity index (χ4v) is 3.28. The van der Waals surface area contributed by atoms with Crippen molar-refractivity contribution in [3.63, 3.8) is 0 Å². The predicted molar refractivity (Wildman–Crippen MR) is 88.2 cm³/mol. The number of amides is 3. The molecule has 1 aromatic rings. The molecule has 0 aromatic carbocycles. The molecule has 0 spiro atoms. The molecule has 1 saturated heterocycles. The average molecular weight is 324 g/mol. The summed E-state index contributed by atoms with van der Waals surface area (Å²) in [6, 6.07) is -0.695. The molecule has 22 heavy (non-hydrogen) atoms. The molecule has 0 aliphatic carbocycles. The highest BCUT2D eigenvalue weighted by Gasteiger charge is 2.35. The van der Waals surface area contributed by atoms with E-state index in [0.717, 1.165) is 4.88 Å². The molecule has 1 aliphatic rings. The van der Waals surface area contributed by atoms with Gasteiger partial charge in [-0.1, -0.05) is 34.6 Å². The smallest absolute Gasteiger partial charge is 0.324 e. The molecular weight excluding hydrogens is 300 g/mol. The third-order valence-electron chi connectivity index (χ3n) is 3.61. The zero-order valence-electron chi connectivity index (χ0n) is 13.8. The van der Waals surface area contributed by atoms with Gasteiger partial charge in [0.25, 0.3) is 0 Å². The van der Waals surface area contributed by atoms with Crippen molar-refractivity contribution in [2.24, 2.45) is 5.92 Å². The van der Waals surface area contributed by atoms with Crippen molar-refractivity contribution in [3.8, 4) is 0 Å². The number of hydrogen-bond donors (Lipinski definition) is 2. The van der Waals surface area contributed by atoms with Crippen LogP contribution in [-0.2, 0) is 10.2 Å². The molecule has 2 rings (SSSR count). The van der Waals surface area contributed by atoms with E-state index in [1.165, 1.54) is 11.3 Å². The number of rotatable bonds is 2. The molecule has 3 amide bonds. The van der Waals surface area contributed by atoms with E-state index in [0.29, 0.717) is 18.2 Å².